The average Bonchev–Trinajstić information content (AvgIpc) is 3.75. The number of carboxylic acids is 4. The topological polar surface area (TPSA) is 373 Å². The van der Waals surface area contributed by atoms with Crippen LogP contribution in [0.4, 0.5) is 0 Å². The predicted molar refractivity (Wildman–Crippen MR) is 224 cm³/mol. The molecule has 25 heteroatoms. The highest BCUT2D eigenvalue weighted by atomic mass is 16.6. The fourth-order valence-electron chi connectivity index (χ4n) is 5.96. The number of ketones is 3. The maximum atomic E-state index is 13.7. The molecule has 0 fully saturated rings. The van der Waals surface area contributed by atoms with Gasteiger partial charge in [0, 0.05) is 56.8 Å². The van der Waals surface area contributed by atoms with Gasteiger partial charge in [-0.3, -0.25) is 47.9 Å². The number of rotatable bonds is 40. The first-order valence-electron chi connectivity index (χ1n) is 21.1. The number of carboxylic acid groups (broad SMARTS) is 4. The minimum atomic E-state index is -1.59. The fraction of sp³-hybridized carbons (Fsp3) is 0.700. The van der Waals surface area contributed by atoms with E-state index in [0.717, 1.165) is 0 Å². The van der Waals surface area contributed by atoms with Crippen molar-refractivity contribution in [1.82, 2.24) is 37.7 Å². The van der Waals surface area contributed by atoms with Crippen molar-refractivity contribution >= 4 is 58.9 Å². The maximum Gasteiger partial charge on any atom is 0.305 e. The van der Waals surface area contributed by atoms with E-state index in [0.29, 0.717) is 12.3 Å². The predicted octanol–water partition coefficient (Wildman–Crippen LogP) is -2.13. The molecule has 1 aliphatic rings. The van der Waals surface area contributed by atoms with E-state index in [1.165, 1.54) is 6.92 Å². The van der Waals surface area contributed by atoms with Gasteiger partial charge in [-0.15, -0.1) is 0 Å². The molecule has 0 aromatic heterocycles. The zero-order valence-corrected chi connectivity index (χ0v) is 37.0. The Labute approximate surface area is 375 Å². The van der Waals surface area contributed by atoms with E-state index in [2.05, 4.69) is 37.7 Å². The number of hydrogen-bond donors (Lipinski definition) is 11. The smallest absolute Gasteiger partial charge is 0.305 e. The molecule has 25 nitrogen and oxygen atoms in total. The van der Waals surface area contributed by atoms with Gasteiger partial charge in [-0.05, 0) is 12.3 Å². The molecule has 0 aromatic carbocycles. The Balaban J connectivity index is 2.75. The van der Waals surface area contributed by atoms with Crippen molar-refractivity contribution in [1.29, 1.82) is 0 Å². The summed E-state index contributed by atoms with van der Waals surface area (Å²) in [5, 5.41) is 47.1. The zero-order valence-electron chi connectivity index (χ0n) is 37.0. The molecule has 0 spiro atoms. The molecule has 0 unspecified atom stereocenters. The van der Waals surface area contributed by atoms with E-state index in [9.17, 15) is 63.3 Å². The van der Waals surface area contributed by atoms with E-state index in [-0.39, 0.29) is 72.3 Å². The van der Waals surface area contributed by atoms with Crippen LogP contribution < -0.4 is 37.7 Å². The van der Waals surface area contributed by atoms with Crippen LogP contribution in [0.2, 0.25) is 0 Å². The highest BCUT2D eigenvalue weighted by molar-refractivity contribution is 5.97. The van der Waals surface area contributed by atoms with Crippen molar-refractivity contribution in [3.8, 4) is 0 Å². The summed E-state index contributed by atoms with van der Waals surface area (Å²) in [7, 11) is 0. The SMILES string of the molecule is CC(C)[C@H](CC(=O)[C@H](CCC(=O)O)NC(=O)[C@H](CC(=O)O)CC(=O)CNCC1=CNNN1)C(=O)N[C@@H](CC(=O)O)C(=O)C[C@@H](C)C(=O)NCCOCCOCCOCCOCCC(=O)O. The molecule has 0 saturated heterocycles. The zero-order chi connectivity index (χ0) is 48.7. The highest BCUT2D eigenvalue weighted by Crippen LogP contribution is 2.20. The van der Waals surface area contributed by atoms with Crippen molar-refractivity contribution in [2.45, 2.75) is 84.2 Å². The second-order valence-electron chi connectivity index (χ2n) is 15.3. The molecule has 1 heterocycles. The Morgan fingerprint density at radius 3 is 1.69 bits per heavy atom. The number of ether oxygens (including phenoxy) is 4. The summed E-state index contributed by atoms with van der Waals surface area (Å²) in [6.07, 6.45) is -2.74. The first-order chi connectivity index (χ1) is 30.8. The minimum Gasteiger partial charge on any atom is -0.481 e. The first-order valence-corrected chi connectivity index (χ1v) is 21.1. The lowest BCUT2D eigenvalue weighted by molar-refractivity contribution is -0.143. The maximum absolute atomic E-state index is 13.7. The lowest BCUT2D eigenvalue weighted by Crippen LogP contribution is -2.49. The van der Waals surface area contributed by atoms with Crippen molar-refractivity contribution in [3.05, 3.63) is 11.9 Å². The standard InChI is InChI=1S/C40H65N7O18/c1-24(2)29(19-33(50)30(4-5-34(51)52)44-39(60)26(18-36(55)56)17-28(48)23-41-21-27-22-43-47-46-27)40(61)45-31(20-37(57)58)32(49)16-25(3)38(59)42-7-9-63-11-13-65-15-14-64-12-10-62-8-6-35(53)54/h22,24-26,29-31,41,43,46-47H,4-21,23H2,1-3H3,(H,42,59)(H,44,60)(H,45,61)(H,51,52)(H,53,54)(H,55,56)(H,57,58)/t25-,26+,29+,30+,31+/m1/s1. The average molecular weight is 932 g/mol. The summed E-state index contributed by atoms with van der Waals surface area (Å²) in [6, 6.07) is -3.11. The summed E-state index contributed by atoms with van der Waals surface area (Å²) in [5.74, 6) is -13.8. The molecule has 0 aliphatic carbocycles. The van der Waals surface area contributed by atoms with Crippen LogP contribution in [0, 0.1) is 23.7 Å². The van der Waals surface area contributed by atoms with Crippen molar-refractivity contribution in [3.63, 3.8) is 0 Å². The molecule has 65 heavy (non-hydrogen) atoms. The lowest BCUT2D eigenvalue weighted by Gasteiger charge is -2.26. The molecule has 11 N–H and O–H groups in total. The molecule has 1 rings (SSSR count). The molecule has 1 aliphatic heterocycles. The van der Waals surface area contributed by atoms with Gasteiger partial charge in [0.1, 0.15) is 5.78 Å². The van der Waals surface area contributed by atoms with Gasteiger partial charge in [0.25, 0.3) is 0 Å². The molecule has 3 amide bonds. The van der Waals surface area contributed by atoms with Crippen LogP contribution in [0.15, 0.2) is 11.9 Å². The van der Waals surface area contributed by atoms with Crippen LogP contribution in [0.1, 0.15) is 72.1 Å². The van der Waals surface area contributed by atoms with E-state index < -0.39 is 140 Å². The Bertz CT molecular complexity index is 1630. The monoisotopic (exact) mass is 931 g/mol. The number of Topliss-reactive ketones (excluding diaryl/α,β-unsaturated/α-hetero) is 3. The lowest BCUT2D eigenvalue weighted by atomic mass is 9.86. The van der Waals surface area contributed by atoms with E-state index in [4.69, 9.17) is 24.1 Å². The van der Waals surface area contributed by atoms with Crippen LogP contribution in [0.25, 0.3) is 0 Å². The Morgan fingerprint density at radius 1 is 0.600 bits per heavy atom. The van der Waals surface area contributed by atoms with Crippen LogP contribution in [0.5, 0.6) is 0 Å². The molecule has 5 atom stereocenters. The van der Waals surface area contributed by atoms with Crippen LogP contribution in [-0.2, 0) is 66.9 Å². The van der Waals surface area contributed by atoms with Crippen molar-refractivity contribution < 1.29 is 87.3 Å². The molecule has 0 bridgehead atoms. The van der Waals surface area contributed by atoms with Gasteiger partial charge >= 0.3 is 23.9 Å². The van der Waals surface area contributed by atoms with Crippen LogP contribution >= 0.6 is 0 Å². The van der Waals surface area contributed by atoms with Crippen molar-refractivity contribution in [2.75, 3.05) is 72.5 Å². The number of hydrazine groups is 2. The third-order valence-electron chi connectivity index (χ3n) is 9.52. The van der Waals surface area contributed by atoms with Gasteiger partial charge in [0.05, 0.1) is 102 Å². The number of amides is 3. The number of hydrogen-bond acceptors (Lipinski definition) is 18. The normalized spacial score (nSPS) is 14.4. The quantitative estimate of drug-likeness (QED) is 0.0292. The summed E-state index contributed by atoms with van der Waals surface area (Å²) in [4.78, 5) is 125. The van der Waals surface area contributed by atoms with E-state index in [1.54, 1.807) is 20.0 Å². The van der Waals surface area contributed by atoms with Gasteiger partial charge < -0.3 is 71.5 Å². The first kappa shape index (κ1) is 57.4. The summed E-state index contributed by atoms with van der Waals surface area (Å²) in [6.45, 7) is 6.44. The van der Waals surface area contributed by atoms with Crippen LogP contribution in [0.3, 0.4) is 0 Å². The highest BCUT2D eigenvalue weighted by Gasteiger charge is 2.35. The number of aliphatic carboxylic acids is 4. The van der Waals surface area contributed by atoms with Gasteiger partial charge in [-0.25, -0.2) is 0 Å². The minimum absolute atomic E-state index is 0.0821. The van der Waals surface area contributed by atoms with Gasteiger partial charge in [-0.2, -0.15) is 5.53 Å². The Morgan fingerprint density at radius 2 is 1.15 bits per heavy atom. The molecule has 0 aromatic rings. The molecular formula is C40H65N7O18. The van der Waals surface area contributed by atoms with Crippen molar-refractivity contribution in [2.24, 2.45) is 23.7 Å². The second kappa shape index (κ2) is 33.0. The summed E-state index contributed by atoms with van der Waals surface area (Å²) in [5.41, 5.74) is 8.72. The van der Waals surface area contributed by atoms with Gasteiger partial charge in [-0.1, -0.05) is 20.8 Å². The van der Waals surface area contributed by atoms with E-state index >= 15 is 0 Å². The molecule has 0 saturated carbocycles. The fourth-order valence-corrected chi connectivity index (χ4v) is 5.96. The summed E-state index contributed by atoms with van der Waals surface area (Å²) < 4.78 is 21.2. The second-order valence-corrected chi connectivity index (χ2v) is 15.3. The van der Waals surface area contributed by atoms with Gasteiger partial charge in [0.2, 0.25) is 17.7 Å². The number of carbonyl (C=O) groups is 10. The van der Waals surface area contributed by atoms with Crippen LogP contribution in [-0.4, -0.2) is 164 Å². The summed E-state index contributed by atoms with van der Waals surface area (Å²) >= 11 is 0. The van der Waals surface area contributed by atoms with E-state index in [1.807, 2.05) is 0 Å². The molecular weight excluding hydrogens is 866 g/mol. The number of carbonyl (C=O) groups excluding carboxylic acids is 6. The van der Waals surface area contributed by atoms with Gasteiger partial charge in [0.15, 0.2) is 11.6 Å². The number of nitrogens with one attached hydrogen (secondary N) is 7. The largest absolute Gasteiger partial charge is 0.481 e. The third-order valence-corrected chi connectivity index (χ3v) is 9.52. The Hall–Kier alpha value is -5.60. The Kier molecular flexibility index (Phi) is 29.1. The molecule has 0 radical (unpaired) electrons. The third kappa shape index (κ3) is 27.4. The molecule has 368 valence electrons.